The van der Waals surface area contributed by atoms with Crippen molar-refractivity contribution in [2.24, 2.45) is 0 Å². The minimum absolute atomic E-state index is 0.634. The van der Waals surface area contributed by atoms with Crippen molar-refractivity contribution in [1.29, 1.82) is 0 Å². The maximum absolute atomic E-state index is 3.56. The van der Waals surface area contributed by atoms with E-state index >= 15 is 0 Å². The van der Waals surface area contributed by atoms with Gasteiger partial charge in [0.05, 0.1) is 3.79 Å². The Labute approximate surface area is 107 Å². The summed E-state index contributed by atoms with van der Waals surface area (Å²) in [5.41, 5.74) is 0. The zero-order valence-corrected chi connectivity index (χ0v) is 12.2. The van der Waals surface area contributed by atoms with Crippen LogP contribution in [0.15, 0.2) is 15.9 Å². The standard InChI is InChI=1S/C10H15Br2NS/c1-2-8(5-6-11)13-7-9-3-4-10(12)14-9/h3-4,8,13H,2,5-7H2,1H3. The number of halogens is 2. The minimum Gasteiger partial charge on any atom is -0.309 e. The lowest BCUT2D eigenvalue weighted by atomic mass is 10.2. The third-order valence-electron chi connectivity index (χ3n) is 2.14. The lowest BCUT2D eigenvalue weighted by Gasteiger charge is -2.14. The van der Waals surface area contributed by atoms with E-state index in [-0.39, 0.29) is 0 Å². The average Bonchev–Trinajstić information content (AvgIpc) is 2.59. The first-order chi connectivity index (χ1) is 6.76. The van der Waals surface area contributed by atoms with Crippen LogP contribution in [-0.4, -0.2) is 11.4 Å². The van der Waals surface area contributed by atoms with Crippen molar-refractivity contribution in [3.63, 3.8) is 0 Å². The average molecular weight is 341 g/mol. The van der Waals surface area contributed by atoms with Crippen LogP contribution >= 0.6 is 43.2 Å². The number of thiophene rings is 1. The maximum Gasteiger partial charge on any atom is 0.0701 e. The van der Waals surface area contributed by atoms with Gasteiger partial charge in [-0.3, -0.25) is 0 Å². The zero-order valence-electron chi connectivity index (χ0n) is 8.22. The van der Waals surface area contributed by atoms with E-state index in [2.05, 4.69) is 56.2 Å². The molecule has 0 spiro atoms. The SMILES string of the molecule is CCC(CCBr)NCc1ccc(Br)s1. The Bertz CT molecular complexity index is 262. The molecule has 0 fully saturated rings. The van der Waals surface area contributed by atoms with Gasteiger partial charge in [0, 0.05) is 22.8 Å². The molecular weight excluding hydrogens is 326 g/mol. The van der Waals surface area contributed by atoms with Crippen molar-refractivity contribution in [3.05, 3.63) is 20.8 Å². The van der Waals surface area contributed by atoms with Gasteiger partial charge in [-0.15, -0.1) is 11.3 Å². The van der Waals surface area contributed by atoms with Gasteiger partial charge in [0.15, 0.2) is 0 Å². The van der Waals surface area contributed by atoms with Gasteiger partial charge in [-0.2, -0.15) is 0 Å². The lowest BCUT2D eigenvalue weighted by Crippen LogP contribution is -2.27. The monoisotopic (exact) mass is 339 g/mol. The first-order valence-electron chi connectivity index (χ1n) is 4.79. The molecule has 1 N–H and O–H groups in total. The molecule has 0 aliphatic rings. The molecule has 0 amide bonds. The highest BCUT2D eigenvalue weighted by molar-refractivity contribution is 9.11. The molecule has 1 atom stereocenters. The molecule has 80 valence electrons. The Morgan fingerprint density at radius 3 is 2.79 bits per heavy atom. The summed E-state index contributed by atoms with van der Waals surface area (Å²) in [5.74, 6) is 0. The lowest BCUT2D eigenvalue weighted by molar-refractivity contribution is 0.490. The normalized spacial score (nSPS) is 13.1. The smallest absolute Gasteiger partial charge is 0.0701 e. The Kier molecular flexibility index (Phi) is 6.33. The molecule has 1 aromatic rings. The number of alkyl halides is 1. The molecule has 0 saturated carbocycles. The predicted octanol–water partition coefficient (Wildman–Crippen LogP) is 4.16. The van der Waals surface area contributed by atoms with Crippen LogP contribution in [0.4, 0.5) is 0 Å². The molecule has 1 heterocycles. The summed E-state index contributed by atoms with van der Waals surface area (Å²) in [6.45, 7) is 3.21. The second kappa shape index (κ2) is 6.99. The Morgan fingerprint density at radius 1 is 1.50 bits per heavy atom. The molecule has 0 bridgehead atoms. The van der Waals surface area contributed by atoms with Gasteiger partial charge < -0.3 is 5.32 Å². The van der Waals surface area contributed by atoms with E-state index in [9.17, 15) is 0 Å². The fourth-order valence-corrected chi connectivity index (χ4v) is 3.26. The first kappa shape index (κ1) is 12.7. The summed E-state index contributed by atoms with van der Waals surface area (Å²) < 4.78 is 1.21. The van der Waals surface area contributed by atoms with Crippen LogP contribution in [-0.2, 0) is 6.54 Å². The van der Waals surface area contributed by atoms with Crippen molar-refractivity contribution >= 4 is 43.2 Å². The largest absolute Gasteiger partial charge is 0.309 e. The van der Waals surface area contributed by atoms with Gasteiger partial charge in [0.1, 0.15) is 0 Å². The highest BCUT2D eigenvalue weighted by atomic mass is 79.9. The molecule has 0 aromatic carbocycles. The summed E-state index contributed by atoms with van der Waals surface area (Å²) in [7, 11) is 0. The number of rotatable bonds is 6. The van der Waals surface area contributed by atoms with E-state index in [1.807, 2.05) is 0 Å². The Balaban J connectivity index is 2.31. The number of hydrogen-bond acceptors (Lipinski definition) is 2. The quantitative estimate of drug-likeness (QED) is 0.766. The van der Waals surface area contributed by atoms with E-state index in [1.165, 1.54) is 21.5 Å². The highest BCUT2D eigenvalue weighted by Crippen LogP contribution is 2.22. The Hall–Kier alpha value is 0.620. The molecular formula is C10H15Br2NS. The summed E-state index contributed by atoms with van der Waals surface area (Å²) in [6.07, 6.45) is 2.39. The van der Waals surface area contributed by atoms with E-state index in [4.69, 9.17) is 0 Å². The van der Waals surface area contributed by atoms with E-state index in [0.29, 0.717) is 6.04 Å². The van der Waals surface area contributed by atoms with Gasteiger partial charge in [0.2, 0.25) is 0 Å². The second-order valence-corrected chi connectivity index (χ2v) is 6.51. The molecule has 1 unspecified atom stereocenters. The van der Waals surface area contributed by atoms with Crippen molar-refractivity contribution in [3.8, 4) is 0 Å². The molecule has 0 saturated heterocycles. The van der Waals surface area contributed by atoms with Gasteiger partial charge in [-0.25, -0.2) is 0 Å². The van der Waals surface area contributed by atoms with Crippen LogP contribution in [0.1, 0.15) is 24.6 Å². The Morgan fingerprint density at radius 2 is 2.29 bits per heavy atom. The van der Waals surface area contributed by atoms with Crippen molar-refractivity contribution in [1.82, 2.24) is 5.32 Å². The maximum atomic E-state index is 3.56. The summed E-state index contributed by atoms with van der Waals surface area (Å²) in [6, 6.07) is 4.91. The van der Waals surface area contributed by atoms with E-state index in [1.54, 1.807) is 11.3 Å². The van der Waals surface area contributed by atoms with Gasteiger partial charge in [-0.05, 0) is 40.9 Å². The molecule has 0 radical (unpaired) electrons. The van der Waals surface area contributed by atoms with E-state index in [0.717, 1.165) is 11.9 Å². The molecule has 14 heavy (non-hydrogen) atoms. The second-order valence-electron chi connectivity index (χ2n) is 3.17. The van der Waals surface area contributed by atoms with Crippen LogP contribution in [0.2, 0.25) is 0 Å². The first-order valence-corrected chi connectivity index (χ1v) is 7.53. The summed E-state index contributed by atoms with van der Waals surface area (Å²) in [5, 5.41) is 4.64. The zero-order chi connectivity index (χ0) is 10.4. The predicted molar refractivity (Wildman–Crippen MR) is 71.3 cm³/mol. The fourth-order valence-electron chi connectivity index (χ4n) is 1.27. The van der Waals surface area contributed by atoms with Crippen molar-refractivity contribution < 1.29 is 0 Å². The molecule has 1 rings (SSSR count). The van der Waals surface area contributed by atoms with Gasteiger partial charge in [0.25, 0.3) is 0 Å². The minimum atomic E-state index is 0.634. The van der Waals surface area contributed by atoms with Gasteiger partial charge >= 0.3 is 0 Å². The molecule has 4 heteroatoms. The van der Waals surface area contributed by atoms with Crippen LogP contribution in [0, 0.1) is 0 Å². The van der Waals surface area contributed by atoms with Gasteiger partial charge in [-0.1, -0.05) is 22.9 Å². The topological polar surface area (TPSA) is 12.0 Å². The third kappa shape index (κ3) is 4.43. The molecule has 0 aliphatic carbocycles. The number of nitrogens with one attached hydrogen (secondary N) is 1. The fraction of sp³-hybridized carbons (Fsp3) is 0.600. The molecule has 1 nitrogen and oxygen atoms in total. The van der Waals surface area contributed by atoms with Crippen molar-refractivity contribution in [2.45, 2.75) is 32.4 Å². The highest BCUT2D eigenvalue weighted by Gasteiger charge is 2.05. The summed E-state index contributed by atoms with van der Waals surface area (Å²) >= 11 is 8.75. The summed E-state index contributed by atoms with van der Waals surface area (Å²) in [4.78, 5) is 1.39. The van der Waals surface area contributed by atoms with Crippen LogP contribution < -0.4 is 5.32 Å². The molecule has 1 aromatic heterocycles. The van der Waals surface area contributed by atoms with Crippen LogP contribution in [0.25, 0.3) is 0 Å². The third-order valence-corrected chi connectivity index (χ3v) is 4.23. The number of hydrogen-bond donors (Lipinski definition) is 1. The molecule has 0 aliphatic heterocycles. The van der Waals surface area contributed by atoms with Crippen molar-refractivity contribution in [2.75, 3.05) is 5.33 Å². The van der Waals surface area contributed by atoms with Crippen LogP contribution in [0.3, 0.4) is 0 Å². The van der Waals surface area contributed by atoms with Crippen LogP contribution in [0.5, 0.6) is 0 Å². The van der Waals surface area contributed by atoms with E-state index < -0.39 is 0 Å².